The molecule has 1 fully saturated rings. The number of rotatable bonds is 3. The topological polar surface area (TPSA) is 59.2 Å². The zero-order valence-electron chi connectivity index (χ0n) is 16.3. The van der Waals surface area contributed by atoms with E-state index in [0.29, 0.717) is 17.3 Å². The molecular weight excluding hydrogens is 413 g/mol. The van der Waals surface area contributed by atoms with Gasteiger partial charge in [0.1, 0.15) is 5.82 Å². The summed E-state index contributed by atoms with van der Waals surface area (Å²) in [6.45, 7) is 0. The minimum atomic E-state index is -0.318. The van der Waals surface area contributed by atoms with Gasteiger partial charge in [0.2, 0.25) is 5.82 Å². The molecular formula is C24H16FN3O2S. The van der Waals surface area contributed by atoms with E-state index >= 15 is 0 Å². The second-order valence-electron chi connectivity index (χ2n) is 7.62. The van der Waals surface area contributed by atoms with Gasteiger partial charge in [-0.25, -0.2) is 4.39 Å². The molecule has 0 spiro atoms. The molecule has 4 aromatic rings. The van der Waals surface area contributed by atoms with E-state index in [4.69, 9.17) is 4.52 Å². The Bertz CT molecular complexity index is 1310. The van der Waals surface area contributed by atoms with Crippen molar-refractivity contribution >= 4 is 23.4 Å². The highest BCUT2D eigenvalue weighted by molar-refractivity contribution is 7.99. The number of anilines is 1. The quantitative estimate of drug-likeness (QED) is 0.411. The number of carbonyl (C=O) groups excluding carboxylic acids is 1. The SMILES string of the molecule is O=C1c2ccccc2Sc2cc(-c3noc(-c4ccc(F)cc4)n3)ccc2N1C1CC1. The molecule has 1 aliphatic heterocycles. The van der Waals surface area contributed by atoms with E-state index in [2.05, 4.69) is 10.1 Å². The Morgan fingerprint density at radius 1 is 0.968 bits per heavy atom. The molecule has 3 aromatic carbocycles. The molecule has 0 atom stereocenters. The number of halogens is 1. The van der Waals surface area contributed by atoms with Gasteiger partial charge in [0.05, 0.1) is 11.3 Å². The van der Waals surface area contributed by atoms with E-state index in [0.717, 1.165) is 39.4 Å². The van der Waals surface area contributed by atoms with E-state index in [9.17, 15) is 9.18 Å². The first-order valence-electron chi connectivity index (χ1n) is 10.0. The third-order valence-electron chi connectivity index (χ3n) is 5.46. The molecule has 1 aromatic heterocycles. The Labute approximate surface area is 181 Å². The van der Waals surface area contributed by atoms with Crippen molar-refractivity contribution in [2.45, 2.75) is 28.7 Å². The first-order valence-corrected chi connectivity index (χ1v) is 10.8. The summed E-state index contributed by atoms with van der Waals surface area (Å²) in [4.78, 5) is 21.6. The Kier molecular flexibility index (Phi) is 4.17. The van der Waals surface area contributed by atoms with Crippen LogP contribution in [0.3, 0.4) is 0 Å². The zero-order chi connectivity index (χ0) is 20.9. The minimum Gasteiger partial charge on any atom is -0.334 e. The lowest BCUT2D eigenvalue weighted by atomic mass is 10.1. The van der Waals surface area contributed by atoms with Crippen LogP contribution in [0.15, 0.2) is 81.0 Å². The third kappa shape index (κ3) is 3.21. The molecule has 6 rings (SSSR count). The normalized spacial score (nSPS) is 15.4. The van der Waals surface area contributed by atoms with E-state index in [1.54, 1.807) is 23.9 Å². The van der Waals surface area contributed by atoms with Crippen molar-refractivity contribution in [2.24, 2.45) is 0 Å². The number of aromatic nitrogens is 2. The number of hydrogen-bond donors (Lipinski definition) is 0. The van der Waals surface area contributed by atoms with Gasteiger partial charge in [-0.15, -0.1) is 0 Å². The van der Waals surface area contributed by atoms with Gasteiger partial charge in [0, 0.05) is 27.0 Å². The lowest BCUT2D eigenvalue weighted by Gasteiger charge is -2.22. The first-order chi connectivity index (χ1) is 15.2. The summed E-state index contributed by atoms with van der Waals surface area (Å²) in [5.74, 6) is 0.513. The second kappa shape index (κ2) is 7.06. The molecule has 0 N–H and O–H groups in total. The van der Waals surface area contributed by atoms with E-state index in [-0.39, 0.29) is 17.8 Å². The van der Waals surface area contributed by atoms with Gasteiger partial charge in [-0.2, -0.15) is 4.98 Å². The summed E-state index contributed by atoms with van der Waals surface area (Å²) in [7, 11) is 0. The molecule has 152 valence electrons. The lowest BCUT2D eigenvalue weighted by molar-refractivity contribution is 0.0982. The Balaban J connectivity index is 1.42. The Morgan fingerprint density at radius 2 is 1.74 bits per heavy atom. The Morgan fingerprint density at radius 3 is 2.55 bits per heavy atom. The van der Waals surface area contributed by atoms with Crippen molar-refractivity contribution < 1.29 is 13.7 Å². The fourth-order valence-corrected chi connectivity index (χ4v) is 4.88. The number of carbonyl (C=O) groups is 1. The number of fused-ring (bicyclic) bond motifs is 2. The second-order valence-corrected chi connectivity index (χ2v) is 8.70. The molecule has 0 bridgehead atoms. The van der Waals surface area contributed by atoms with Crippen molar-refractivity contribution in [1.82, 2.24) is 10.1 Å². The number of nitrogens with zero attached hydrogens (tertiary/aromatic N) is 3. The van der Waals surface area contributed by atoms with E-state index in [1.807, 2.05) is 47.4 Å². The van der Waals surface area contributed by atoms with Crippen LogP contribution in [0.2, 0.25) is 0 Å². The van der Waals surface area contributed by atoms with Crippen molar-refractivity contribution in [1.29, 1.82) is 0 Å². The van der Waals surface area contributed by atoms with Crippen LogP contribution in [0.1, 0.15) is 23.2 Å². The van der Waals surface area contributed by atoms with Crippen molar-refractivity contribution in [2.75, 3.05) is 4.90 Å². The molecule has 0 saturated heterocycles. The number of benzene rings is 3. The van der Waals surface area contributed by atoms with Crippen LogP contribution < -0.4 is 4.90 Å². The van der Waals surface area contributed by atoms with E-state index in [1.165, 1.54) is 12.1 Å². The molecule has 1 saturated carbocycles. The highest BCUT2D eigenvalue weighted by Gasteiger charge is 2.38. The molecule has 0 unspecified atom stereocenters. The average molecular weight is 429 g/mol. The maximum Gasteiger partial charge on any atom is 0.259 e. The molecule has 5 nitrogen and oxygen atoms in total. The van der Waals surface area contributed by atoms with Crippen LogP contribution in [-0.2, 0) is 0 Å². The average Bonchev–Trinajstić information content (AvgIpc) is 3.52. The summed E-state index contributed by atoms with van der Waals surface area (Å²) < 4.78 is 18.6. The maximum absolute atomic E-state index is 13.3. The van der Waals surface area contributed by atoms with Gasteiger partial charge in [0.15, 0.2) is 0 Å². The van der Waals surface area contributed by atoms with Crippen LogP contribution in [0, 0.1) is 5.82 Å². The maximum atomic E-state index is 13.3. The number of amides is 1. The standard InChI is InChI=1S/C24H16FN3O2S/c25-16-8-5-14(6-9-16)23-26-22(27-30-23)15-7-12-19-21(13-15)31-20-4-2-1-3-18(20)24(29)28(19)17-10-11-17/h1-9,12-13,17H,10-11H2. The van der Waals surface area contributed by atoms with E-state index < -0.39 is 0 Å². The predicted octanol–water partition coefficient (Wildman–Crippen LogP) is 5.82. The molecule has 31 heavy (non-hydrogen) atoms. The van der Waals surface area contributed by atoms with Gasteiger partial charge >= 0.3 is 0 Å². The van der Waals surface area contributed by atoms with Crippen molar-refractivity contribution in [3.63, 3.8) is 0 Å². The highest BCUT2D eigenvalue weighted by atomic mass is 32.2. The summed E-state index contributed by atoms with van der Waals surface area (Å²) in [6, 6.07) is 19.8. The largest absolute Gasteiger partial charge is 0.334 e. The first kappa shape index (κ1) is 18.3. The molecule has 1 aliphatic carbocycles. The van der Waals surface area contributed by atoms with Crippen LogP contribution in [0.25, 0.3) is 22.8 Å². The molecule has 0 radical (unpaired) electrons. The highest BCUT2D eigenvalue weighted by Crippen LogP contribution is 2.46. The summed E-state index contributed by atoms with van der Waals surface area (Å²) in [5, 5.41) is 4.11. The van der Waals surface area contributed by atoms with Crippen LogP contribution in [0.4, 0.5) is 10.1 Å². The molecule has 2 aliphatic rings. The summed E-state index contributed by atoms with van der Waals surface area (Å²) in [6.07, 6.45) is 2.04. The zero-order valence-corrected chi connectivity index (χ0v) is 17.1. The molecule has 2 heterocycles. The summed E-state index contributed by atoms with van der Waals surface area (Å²) in [5.41, 5.74) is 3.10. The van der Waals surface area contributed by atoms with Crippen molar-refractivity contribution in [3.05, 3.63) is 78.1 Å². The third-order valence-corrected chi connectivity index (χ3v) is 6.59. The smallest absolute Gasteiger partial charge is 0.259 e. The summed E-state index contributed by atoms with van der Waals surface area (Å²) >= 11 is 1.58. The van der Waals surface area contributed by atoms with Gasteiger partial charge in [-0.05, 0) is 67.4 Å². The van der Waals surface area contributed by atoms with Gasteiger partial charge < -0.3 is 9.42 Å². The monoisotopic (exact) mass is 429 g/mol. The molecule has 1 amide bonds. The van der Waals surface area contributed by atoms with Gasteiger partial charge in [-0.3, -0.25) is 4.79 Å². The minimum absolute atomic E-state index is 0.0512. The van der Waals surface area contributed by atoms with Gasteiger partial charge in [0.25, 0.3) is 11.8 Å². The fraction of sp³-hybridized carbons (Fsp3) is 0.125. The van der Waals surface area contributed by atoms with Crippen LogP contribution in [-0.4, -0.2) is 22.1 Å². The van der Waals surface area contributed by atoms with Gasteiger partial charge in [-0.1, -0.05) is 29.1 Å². The van der Waals surface area contributed by atoms with Crippen LogP contribution in [0.5, 0.6) is 0 Å². The fourth-order valence-electron chi connectivity index (χ4n) is 3.77. The number of hydrogen-bond acceptors (Lipinski definition) is 5. The van der Waals surface area contributed by atoms with Crippen LogP contribution >= 0.6 is 11.8 Å². The lowest BCUT2D eigenvalue weighted by Crippen LogP contribution is -2.32. The molecule has 7 heteroatoms. The Hall–Kier alpha value is -3.45. The predicted molar refractivity (Wildman–Crippen MR) is 116 cm³/mol. The van der Waals surface area contributed by atoms with Crippen molar-refractivity contribution in [3.8, 4) is 22.8 Å².